The zero-order valence-electron chi connectivity index (χ0n) is 15.2. The molecule has 0 atom stereocenters. The van der Waals surface area contributed by atoms with Crippen molar-refractivity contribution in [1.29, 1.82) is 0 Å². The molecule has 124 valence electrons. The Hall–Kier alpha value is -1.70. The molecule has 1 N–H and O–H groups in total. The van der Waals surface area contributed by atoms with Crippen LogP contribution in [0.2, 0.25) is 0 Å². The maximum atomic E-state index is 4.26. The molecule has 0 aromatic heterocycles. The van der Waals surface area contributed by atoms with Crippen molar-refractivity contribution < 1.29 is 0 Å². The summed E-state index contributed by atoms with van der Waals surface area (Å²) in [7, 11) is 0. The first-order chi connectivity index (χ1) is 10.6. The number of hydrogen-bond donors (Lipinski definition) is 1. The van der Waals surface area contributed by atoms with E-state index in [1.807, 2.05) is 19.2 Å². The lowest BCUT2D eigenvalue weighted by molar-refractivity contribution is 0.409. The second kappa shape index (κ2) is 13.0. The highest BCUT2D eigenvalue weighted by atomic mass is 15.2. The van der Waals surface area contributed by atoms with Crippen molar-refractivity contribution in [2.75, 3.05) is 6.67 Å². The average Bonchev–Trinajstić information content (AvgIpc) is 2.51. The summed E-state index contributed by atoms with van der Waals surface area (Å²) < 4.78 is 0. The van der Waals surface area contributed by atoms with E-state index in [0.29, 0.717) is 0 Å². The molecule has 0 bridgehead atoms. The Morgan fingerprint density at radius 1 is 1.18 bits per heavy atom. The largest absolute Gasteiger partial charge is 0.374 e. The van der Waals surface area contributed by atoms with Gasteiger partial charge in [0.2, 0.25) is 0 Å². The third-order valence-corrected chi connectivity index (χ3v) is 3.44. The average molecular weight is 303 g/mol. The maximum absolute atomic E-state index is 4.26. The van der Waals surface area contributed by atoms with Crippen LogP contribution in [0.1, 0.15) is 60.3 Å². The predicted octanol–water partition coefficient (Wildman–Crippen LogP) is 5.89. The highest BCUT2D eigenvalue weighted by molar-refractivity contribution is 5.23. The Balaban J connectivity index is 4.82. The Morgan fingerprint density at radius 3 is 2.45 bits per heavy atom. The maximum Gasteiger partial charge on any atom is 0.0917 e. The van der Waals surface area contributed by atoms with Crippen molar-refractivity contribution in [3.8, 4) is 0 Å². The molecule has 0 aliphatic heterocycles. The van der Waals surface area contributed by atoms with Crippen molar-refractivity contribution in [1.82, 2.24) is 10.2 Å². The van der Waals surface area contributed by atoms with Gasteiger partial charge in [0.1, 0.15) is 0 Å². The van der Waals surface area contributed by atoms with Crippen molar-refractivity contribution >= 4 is 0 Å². The molecule has 0 rings (SSSR count). The summed E-state index contributed by atoms with van der Waals surface area (Å²) in [5.41, 5.74) is 3.70. The number of nitrogens with zero attached hydrogens (tertiary/aromatic N) is 1. The van der Waals surface area contributed by atoms with E-state index in [1.165, 1.54) is 11.3 Å². The Kier molecular flexibility index (Phi) is 12.0. The third-order valence-electron chi connectivity index (χ3n) is 3.44. The first-order valence-electron chi connectivity index (χ1n) is 8.38. The third kappa shape index (κ3) is 8.56. The van der Waals surface area contributed by atoms with Crippen molar-refractivity contribution in [3.63, 3.8) is 0 Å². The minimum Gasteiger partial charge on any atom is -0.374 e. The smallest absolute Gasteiger partial charge is 0.0917 e. The predicted molar refractivity (Wildman–Crippen MR) is 100 cm³/mol. The van der Waals surface area contributed by atoms with E-state index < -0.39 is 0 Å². The van der Waals surface area contributed by atoms with Gasteiger partial charge in [-0.2, -0.15) is 0 Å². The van der Waals surface area contributed by atoms with Gasteiger partial charge >= 0.3 is 0 Å². The summed E-state index contributed by atoms with van der Waals surface area (Å²) in [6.07, 6.45) is 17.1. The van der Waals surface area contributed by atoms with Gasteiger partial charge < -0.3 is 10.2 Å². The van der Waals surface area contributed by atoms with E-state index in [1.54, 1.807) is 0 Å². The standard InChI is InChI=1S/C20H34N2/c1-7-11-12-13-14-18(5)16-19(6)22(17-21-15-8-2)20(9-3)10-4/h8-9,11-12,15-16,21H,6-7,10,13-14,17H2,1-5H3/b12-11-,15-8-,18-16+,20-9+. The minimum absolute atomic E-state index is 0.746. The molecule has 0 unspecified atom stereocenters. The van der Waals surface area contributed by atoms with E-state index in [4.69, 9.17) is 0 Å². The summed E-state index contributed by atoms with van der Waals surface area (Å²) in [6.45, 7) is 15.6. The molecular formula is C20H34N2. The van der Waals surface area contributed by atoms with Crippen molar-refractivity contribution in [2.24, 2.45) is 0 Å². The van der Waals surface area contributed by atoms with Gasteiger partial charge in [0, 0.05) is 11.4 Å². The molecule has 0 heterocycles. The van der Waals surface area contributed by atoms with Crippen LogP contribution < -0.4 is 5.32 Å². The van der Waals surface area contributed by atoms with Gasteiger partial charge in [-0.05, 0) is 58.7 Å². The Bertz CT molecular complexity index is 425. The summed E-state index contributed by atoms with van der Waals surface area (Å²) in [5.74, 6) is 0. The van der Waals surface area contributed by atoms with Crippen molar-refractivity contribution in [2.45, 2.75) is 60.3 Å². The van der Waals surface area contributed by atoms with E-state index >= 15 is 0 Å². The first-order valence-corrected chi connectivity index (χ1v) is 8.38. The highest BCUT2D eigenvalue weighted by Gasteiger charge is 2.09. The first kappa shape index (κ1) is 20.3. The topological polar surface area (TPSA) is 15.3 Å². The molecule has 2 heteroatoms. The van der Waals surface area contributed by atoms with Gasteiger partial charge in [0.25, 0.3) is 0 Å². The van der Waals surface area contributed by atoms with Gasteiger partial charge in [0.05, 0.1) is 6.67 Å². The molecular weight excluding hydrogens is 268 g/mol. The molecule has 0 radical (unpaired) electrons. The van der Waals surface area contributed by atoms with Crippen LogP contribution in [0, 0.1) is 0 Å². The molecule has 0 amide bonds. The normalized spacial score (nSPS) is 13.1. The molecule has 0 saturated heterocycles. The molecule has 22 heavy (non-hydrogen) atoms. The van der Waals surface area contributed by atoms with E-state index in [-0.39, 0.29) is 0 Å². The fraction of sp³-hybridized carbons (Fsp3) is 0.500. The summed E-state index contributed by atoms with van der Waals surface area (Å²) in [6, 6.07) is 0. The quantitative estimate of drug-likeness (QED) is 0.291. The number of rotatable bonds is 11. The van der Waals surface area contributed by atoms with Gasteiger partial charge in [-0.3, -0.25) is 0 Å². The Morgan fingerprint density at radius 2 is 1.91 bits per heavy atom. The number of hydrogen-bond acceptors (Lipinski definition) is 2. The monoisotopic (exact) mass is 302 g/mol. The number of nitrogens with one attached hydrogen (secondary N) is 1. The molecule has 2 nitrogen and oxygen atoms in total. The van der Waals surface area contributed by atoms with Crippen LogP contribution in [0.5, 0.6) is 0 Å². The molecule has 0 aliphatic rings. The van der Waals surface area contributed by atoms with Crippen molar-refractivity contribution in [3.05, 3.63) is 60.1 Å². The van der Waals surface area contributed by atoms with Crippen LogP contribution >= 0.6 is 0 Å². The van der Waals surface area contributed by atoms with Crippen LogP contribution in [0.15, 0.2) is 60.1 Å². The van der Waals surface area contributed by atoms with Crippen LogP contribution in [0.3, 0.4) is 0 Å². The van der Waals surface area contributed by atoms with E-state index in [2.05, 4.69) is 68.8 Å². The minimum atomic E-state index is 0.746. The van der Waals surface area contributed by atoms with Crippen LogP contribution in [-0.4, -0.2) is 11.6 Å². The lowest BCUT2D eigenvalue weighted by Crippen LogP contribution is -2.29. The van der Waals surface area contributed by atoms with E-state index in [0.717, 1.165) is 38.0 Å². The van der Waals surface area contributed by atoms with Crippen LogP contribution in [-0.2, 0) is 0 Å². The van der Waals surface area contributed by atoms with Gasteiger partial charge in [-0.15, -0.1) is 0 Å². The van der Waals surface area contributed by atoms with Gasteiger partial charge in [-0.1, -0.05) is 50.3 Å². The molecule has 0 aromatic rings. The second-order valence-corrected chi connectivity index (χ2v) is 5.32. The molecule has 0 saturated carbocycles. The molecule has 0 spiro atoms. The summed E-state index contributed by atoms with van der Waals surface area (Å²) in [5, 5.41) is 3.30. The zero-order chi connectivity index (χ0) is 16.8. The number of allylic oxidation sites excluding steroid dienone is 7. The van der Waals surface area contributed by atoms with Crippen LogP contribution in [0.4, 0.5) is 0 Å². The zero-order valence-corrected chi connectivity index (χ0v) is 15.2. The summed E-state index contributed by atoms with van der Waals surface area (Å²) >= 11 is 0. The fourth-order valence-electron chi connectivity index (χ4n) is 2.23. The molecule has 0 fully saturated rings. The molecule has 0 aliphatic carbocycles. The highest BCUT2D eigenvalue weighted by Crippen LogP contribution is 2.17. The molecule has 0 aromatic carbocycles. The second-order valence-electron chi connectivity index (χ2n) is 5.32. The SMILES string of the molecule is C=C(/C=C(\C)CC/C=C\CC)N(CN/C=C\C)/C(=C/C)CC. The summed E-state index contributed by atoms with van der Waals surface area (Å²) in [4.78, 5) is 2.24. The van der Waals surface area contributed by atoms with Gasteiger partial charge in [0.15, 0.2) is 0 Å². The van der Waals surface area contributed by atoms with Gasteiger partial charge in [-0.25, -0.2) is 0 Å². The Labute approximate surface area is 138 Å². The van der Waals surface area contributed by atoms with E-state index in [9.17, 15) is 0 Å². The fourth-order valence-corrected chi connectivity index (χ4v) is 2.23. The lowest BCUT2D eigenvalue weighted by atomic mass is 10.1. The van der Waals surface area contributed by atoms with Crippen LogP contribution in [0.25, 0.3) is 0 Å². The lowest BCUT2D eigenvalue weighted by Gasteiger charge is -2.27.